The van der Waals surface area contributed by atoms with Crippen LogP contribution in [0.5, 0.6) is 0 Å². The van der Waals surface area contributed by atoms with E-state index in [1.54, 1.807) is 4.68 Å². The van der Waals surface area contributed by atoms with E-state index in [2.05, 4.69) is 10.3 Å². The Kier molecular flexibility index (Phi) is 2.48. The van der Waals surface area contributed by atoms with E-state index >= 15 is 0 Å². The van der Waals surface area contributed by atoms with Crippen LogP contribution in [0.2, 0.25) is 0 Å². The number of benzene rings is 1. The van der Waals surface area contributed by atoms with Gasteiger partial charge in [-0.25, -0.2) is 4.68 Å². The minimum Gasteiger partial charge on any atom is -0.296 e. The van der Waals surface area contributed by atoms with Crippen LogP contribution in [-0.4, -0.2) is 21.3 Å². The number of aldehydes is 1. The van der Waals surface area contributed by atoms with Crippen LogP contribution in [-0.2, 0) is 0 Å². The minimum absolute atomic E-state index is 0.361. The van der Waals surface area contributed by atoms with Crippen molar-refractivity contribution >= 4 is 6.29 Å². The Balaban J connectivity index is 2.05. The van der Waals surface area contributed by atoms with Gasteiger partial charge < -0.3 is 0 Å². The summed E-state index contributed by atoms with van der Waals surface area (Å²) in [5, 5.41) is 8.26. The fourth-order valence-electron chi connectivity index (χ4n) is 2.11. The molecule has 2 aromatic rings. The third-order valence-electron chi connectivity index (χ3n) is 3.31. The average molecular weight is 227 g/mol. The van der Waals surface area contributed by atoms with Crippen LogP contribution >= 0.6 is 0 Å². The van der Waals surface area contributed by atoms with Gasteiger partial charge in [0.25, 0.3) is 0 Å². The molecule has 86 valence electrons. The highest BCUT2D eigenvalue weighted by Gasteiger charge is 2.25. The number of aromatic nitrogens is 3. The SMILES string of the molecule is O=Cc1c(-c2ccccc2)nnn1C1CCC1. The molecule has 1 heterocycles. The van der Waals surface area contributed by atoms with Crippen LogP contribution in [0.3, 0.4) is 0 Å². The van der Waals surface area contributed by atoms with Crippen LogP contribution in [0.25, 0.3) is 11.3 Å². The first kappa shape index (κ1) is 10.2. The van der Waals surface area contributed by atoms with Gasteiger partial charge in [-0.3, -0.25) is 4.79 Å². The summed E-state index contributed by atoms with van der Waals surface area (Å²) in [4.78, 5) is 11.2. The zero-order valence-electron chi connectivity index (χ0n) is 9.41. The topological polar surface area (TPSA) is 47.8 Å². The van der Waals surface area contributed by atoms with Crippen LogP contribution in [0.15, 0.2) is 30.3 Å². The second kappa shape index (κ2) is 4.13. The summed E-state index contributed by atoms with van der Waals surface area (Å²) in [6.07, 6.45) is 4.26. The highest BCUT2D eigenvalue weighted by Crippen LogP contribution is 2.33. The van der Waals surface area contributed by atoms with Crippen LogP contribution in [0.1, 0.15) is 35.8 Å². The van der Waals surface area contributed by atoms with Gasteiger partial charge in [-0.15, -0.1) is 5.10 Å². The van der Waals surface area contributed by atoms with Gasteiger partial charge in [0, 0.05) is 5.56 Å². The van der Waals surface area contributed by atoms with Crippen molar-refractivity contribution in [3.8, 4) is 11.3 Å². The van der Waals surface area contributed by atoms with Crippen LogP contribution < -0.4 is 0 Å². The molecule has 0 atom stereocenters. The van der Waals surface area contributed by atoms with Crippen molar-refractivity contribution in [3.05, 3.63) is 36.0 Å². The molecule has 0 amide bonds. The molecule has 0 N–H and O–H groups in total. The maximum Gasteiger partial charge on any atom is 0.170 e. The second-order valence-corrected chi connectivity index (χ2v) is 4.34. The van der Waals surface area contributed by atoms with E-state index in [1.165, 1.54) is 6.42 Å². The first-order valence-electron chi connectivity index (χ1n) is 5.86. The zero-order valence-corrected chi connectivity index (χ0v) is 9.41. The molecule has 4 heteroatoms. The molecule has 4 nitrogen and oxygen atoms in total. The summed E-state index contributed by atoms with van der Waals surface area (Å²) in [5.74, 6) is 0. The number of rotatable bonds is 3. The predicted octanol–water partition coefficient (Wildman–Crippen LogP) is 2.48. The third kappa shape index (κ3) is 1.65. The Morgan fingerprint density at radius 1 is 1.24 bits per heavy atom. The van der Waals surface area contributed by atoms with E-state index in [4.69, 9.17) is 0 Å². The molecule has 0 spiro atoms. The van der Waals surface area contributed by atoms with Crippen molar-refractivity contribution in [3.63, 3.8) is 0 Å². The van der Waals surface area contributed by atoms with Crippen molar-refractivity contribution in [1.82, 2.24) is 15.0 Å². The molecule has 0 bridgehead atoms. The minimum atomic E-state index is 0.361. The smallest absolute Gasteiger partial charge is 0.170 e. The predicted molar refractivity (Wildman–Crippen MR) is 63.7 cm³/mol. The first-order chi connectivity index (χ1) is 8.40. The molecule has 0 radical (unpaired) electrons. The van der Waals surface area contributed by atoms with E-state index in [0.29, 0.717) is 17.4 Å². The Morgan fingerprint density at radius 3 is 2.59 bits per heavy atom. The molecular formula is C13H13N3O. The van der Waals surface area contributed by atoms with Gasteiger partial charge in [0.2, 0.25) is 0 Å². The maximum atomic E-state index is 11.2. The summed E-state index contributed by atoms with van der Waals surface area (Å²) in [7, 11) is 0. The van der Waals surface area contributed by atoms with E-state index in [9.17, 15) is 4.79 Å². The number of carbonyl (C=O) groups is 1. The molecule has 3 rings (SSSR count). The normalized spacial score (nSPS) is 15.5. The van der Waals surface area contributed by atoms with Gasteiger partial charge in [-0.05, 0) is 19.3 Å². The van der Waals surface area contributed by atoms with Crippen LogP contribution in [0.4, 0.5) is 0 Å². The van der Waals surface area contributed by atoms with Gasteiger partial charge >= 0.3 is 0 Å². The number of carbonyl (C=O) groups excluding carboxylic acids is 1. The molecule has 17 heavy (non-hydrogen) atoms. The highest BCUT2D eigenvalue weighted by atomic mass is 16.1. The molecule has 0 saturated heterocycles. The Hall–Kier alpha value is -1.97. The van der Waals surface area contributed by atoms with Gasteiger partial charge in [-0.2, -0.15) is 0 Å². The summed E-state index contributed by atoms with van der Waals surface area (Å²) in [5.41, 5.74) is 2.23. The quantitative estimate of drug-likeness (QED) is 0.757. The maximum absolute atomic E-state index is 11.2. The van der Waals surface area contributed by atoms with Gasteiger partial charge in [0.05, 0.1) is 6.04 Å². The largest absolute Gasteiger partial charge is 0.296 e. The molecular weight excluding hydrogens is 214 g/mol. The van der Waals surface area contributed by atoms with Gasteiger partial charge in [0.15, 0.2) is 6.29 Å². The lowest BCUT2D eigenvalue weighted by atomic mass is 9.93. The summed E-state index contributed by atoms with van der Waals surface area (Å²) in [6.45, 7) is 0. The van der Waals surface area contributed by atoms with E-state index in [-0.39, 0.29) is 0 Å². The zero-order chi connectivity index (χ0) is 11.7. The highest BCUT2D eigenvalue weighted by molar-refractivity contribution is 5.83. The molecule has 1 fully saturated rings. The Morgan fingerprint density at radius 2 is 2.00 bits per heavy atom. The first-order valence-corrected chi connectivity index (χ1v) is 5.86. The average Bonchev–Trinajstić information content (AvgIpc) is 2.71. The van der Waals surface area contributed by atoms with Gasteiger partial charge in [-0.1, -0.05) is 35.5 Å². The fraction of sp³-hybridized carbons (Fsp3) is 0.308. The molecule has 1 aromatic heterocycles. The van der Waals surface area contributed by atoms with Crippen molar-refractivity contribution in [2.45, 2.75) is 25.3 Å². The van der Waals surface area contributed by atoms with Crippen molar-refractivity contribution in [1.29, 1.82) is 0 Å². The van der Waals surface area contributed by atoms with E-state index in [1.807, 2.05) is 30.3 Å². The Bertz CT molecular complexity index is 529. The lowest BCUT2D eigenvalue weighted by Gasteiger charge is -2.25. The van der Waals surface area contributed by atoms with Gasteiger partial charge in [0.1, 0.15) is 11.4 Å². The van der Waals surface area contributed by atoms with E-state index < -0.39 is 0 Å². The molecule has 0 aliphatic heterocycles. The summed E-state index contributed by atoms with van der Waals surface area (Å²) < 4.78 is 1.78. The number of nitrogens with zero attached hydrogens (tertiary/aromatic N) is 3. The standard InChI is InChI=1S/C13H13N3O/c17-9-12-13(10-5-2-1-3-6-10)14-15-16(12)11-7-4-8-11/h1-3,5-6,9,11H,4,7-8H2. The van der Waals surface area contributed by atoms with Crippen molar-refractivity contribution in [2.75, 3.05) is 0 Å². The summed E-state index contributed by atoms with van der Waals surface area (Å²) in [6, 6.07) is 10.1. The molecule has 0 unspecified atom stereocenters. The monoisotopic (exact) mass is 227 g/mol. The van der Waals surface area contributed by atoms with Crippen molar-refractivity contribution < 1.29 is 4.79 Å². The van der Waals surface area contributed by atoms with Crippen LogP contribution in [0, 0.1) is 0 Å². The molecule has 1 saturated carbocycles. The number of hydrogen-bond acceptors (Lipinski definition) is 3. The molecule has 1 aromatic carbocycles. The van der Waals surface area contributed by atoms with Crippen molar-refractivity contribution in [2.24, 2.45) is 0 Å². The summed E-state index contributed by atoms with van der Waals surface area (Å²) >= 11 is 0. The molecule has 1 aliphatic rings. The van der Waals surface area contributed by atoms with E-state index in [0.717, 1.165) is 24.7 Å². The molecule has 1 aliphatic carbocycles. The fourth-order valence-corrected chi connectivity index (χ4v) is 2.11. The third-order valence-corrected chi connectivity index (χ3v) is 3.31. The Labute approximate surface area is 99.3 Å². The lowest BCUT2D eigenvalue weighted by molar-refractivity contribution is 0.110. The lowest BCUT2D eigenvalue weighted by Crippen LogP contribution is -2.20. The number of hydrogen-bond donors (Lipinski definition) is 0. The second-order valence-electron chi connectivity index (χ2n) is 4.34.